The Kier molecular flexibility index (Phi) is 5.44. The molecule has 0 amide bonds. The SMILES string of the molecule is Cc1cc(C)c(OCCNC(C)C2CCCO2)c(C)c1. The van der Waals surface area contributed by atoms with Crippen LogP contribution in [0.15, 0.2) is 12.1 Å². The predicted octanol–water partition coefficient (Wildman–Crippen LogP) is 3.15. The normalized spacial score (nSPS) is 20.1. The zero-order valence-corrected chi connectivity index (χ0v) is 13.2. The van der Waals surface area contributed by atoms with E-state index in [-0.39, 0.29) is 0 Å². The van der Waals surface area contributed by atoms with Gasteiger partial charge in [0.05, 0.1) is 6.10 Å². The molecule has 2 unspecified atom stereocenters. The highest BCUT2D eigenvalue weighted by Gasteiger charge is 2.21. The number of rotatable bonds is 6. The smallest absolute Gasteiger partial charge is 0.125 e. The minimum absolute atomic E-state index is 0.373. The molecule has 112 valence electrons. The lowest BCUT2D eigenvalue weighted by molar-refractivity contribution is 0.0824. The molecule has 2 rings (SSSR count). The zero-order chi connectivity index (χ0) is 14.5. The molecular formula is C17H27NO2. The maximum atomic E-state index is 5.93. The fourth-order valence-corrected chi connectivity index (χ4v) is 2.96. The quantitative estimate of drug-likeness (QED) is 0.810. The maximum Gasteiger partial charge on any atom is 0.125 e. The Morgan fingerprint density at radius 3 is 2.60 bits per heavy atom. The average Bonchev–Trinajstić information content (AvgIpc) is 2.90. The summed E-state index contributed by atoms with van der Waals surface area (Å²) in [5, 5.41) is 3.50. The summed E-state index contributed by atoms with van der Waals surface area (Å²) >= 11 is 0. The van der Waals surface area contributed by atoms with Crippen molar-refractivity contribution >= 4 is 0 Å². The molecule has 2 atom stereocenters. The Bertz CT molecular complexity index is 416. The first-order valence-electron chi connectivity index (χ1n) is 7.63. The van der Waals surface area contributed by atoms with Crippen molar-refractivity contribution < 1.29 is 9.47 Å². The summed E-state index contributed by atoms with van der Waals surface area (Å²) in [6.45, 7) is 11.0. The summed E-state index contributed by atoms with van der Waals surface area (Å²) in [4.78, 5) is 0. The molecule has 0 aromatic heterocycles. The number of hydrogen-bond acceptors (Lipinski definition) is 3. The minimum Gasteiger partial charge on any atom is -0.492 e. The van der Waals surface area contributed by atoms with Crippen LogP contribution in [0.1, 0.15) is 36.5 Å². The lowest BCUT2D eigenvalue weighted by Crippen LogP contribution is -2.39. The number of nitrogens with one attached hydrogen (secondary N) is 1. The predicted molar refractivity (Wildman–Crippen MR) is 82.6 cm³/mol. The molecule has 1 fully saturated rings. The van der Waals surface area contributed by atoms with Gasteiger partial charge in [-0.25, -0.2) is 0 Å². The van der Waals surface area contributed by atoms with E-state index in [1.165, 1.54) is 29.5 Å². The highest BCUT2D eigenvalue weighted by molar-refractivity contribution is 5.42. The maximum absolute atomic E-state index is 5.93. The Balaban J connectivity index is 1.76. The van der Waals surface area contributed by atoms with Crippen molar-refractivity contribution in [2.45, 2.75) is 52.7 Å². The largest absolute Gasteiger partial charge is 0.492 e. The van der Waals surface area contributed by atoms with Gasteiger partial charge in [0, 0.05) is 19.2 Å². The lowest BCUT2D eigenvalue weighted by Gasteiger charge is -2.20. The van der Waals surface area contributed by atoms with Crippen molar-refractivity contribution in [2.24, 2.45) is 0 Å². The summed E-state index contributed by atoms with van der Waals surface area (Å²) in [7, 11) is 0. The molecule has 1 aliphatic heterocycles. The second-order valence-corrected chi connectivity index (χ2v) is 5.87. The molecule has 1 aromatic rings. The third-order valence-corrected chi connectivity index (χ3v) is 3.94. The Morgan fingerprint density at radius 2 is 2.00 bits per heavy atom. The third kappa shape index (κ3) is 3.97. The van der Waals surface area contributed by atoms with Crippen LogP contribution in [0.5, 0.6) is 5.75 Å². The van der Waals surface area contributed by atoms with Gasteiger partial charge in [-0.05, 0) is 51.7 Å². The Hall–Kier alpha value is -1.06. The standard InChI is InChI=1S/C17H27NO2/c1-12-10-13(2)17(14(3)11-12)20-9-7-18-15(4)16-6-5-8-19-16/h10-11,15-16,18H,5-9H2,1-4H3. The Morgan fingerprint density at radius 1 is 1.30 bits per heavy atom. The molecule has 0 radical (unpaired) electrons. The van der Waals surface area contributed by atoms with Gasteiger partial charge >= 0.3 is 0 Å². The van der Waals surface area contributed by atoms with E-state index in [1.54, 1.807) is 0 Å². The van der Waals surface area contributed by atoms with Crippen molar-refractivity contribution in [1.29, 1.82) is 0 Å². The van der Waals surface area contributed by atoms with Gasteiger partial charge in [0.15, 0.2) is 0 Å². The molecule has 0 spiro atoms. The van der Waals surface area contributed by atoms with Crippen LogP contribution in [0.2, 0.25) is 0 Å². The van der Waals surface area contributed by atoms with Crippen LogP contribution in [0, 0.1) is 20.8 Å². The van der Waals surface area contributed by atoms with Gasteiger partial charge in [0.1, 0.15) is 12.4 Å². The van der Waals surface area contributed by atoms with Crippen molar-refractivity contribution in [3.05, 3.63) is 28.8 Å². The van der Waals surface area contributed by atoms with E-state index in [9.17, 15) is 0 Å². The van der Waals surface area contributed by atoms with Crippen LogP contribution in [0.25, 0.3) is 0 Å². The zero-order valence-electron chi connectivity index (χ0n) is 13.2. The Labute approximate surface area is 122 Å². The molecule has 1 saturated heterocycles. The first-order chi connectivity index (χ1) is 9.58. The van der Waals surface area contributed by atoms with Crippen LogP contribution in [0.3, 0.4) is 0 Å². The summed E-state index contributed by atoms with van der Waals surface area (Å²) < 4.78 is 11.6. The topological polar surface area (TPSA) is 30.5 Å². The molecule has 3 heteroatoms. The minimum atomic E-state index is 0.373. The third-order valence-electron chi connectivity index (χ3n) is 3.94. The van der Waals surface area contributed by atoms with Gasteiger partial charge < -0.3 is 14.8 Å². The van der Waals surface area contributed by atoms with E-state index >= 15 is 0 Å². The number of benzene rings is 1. The molecule has 1 aliphatic rings. The van der Waals surface area contributed by atoms with E-state index in [0.29, 0.717) is 18.8 Å². The van der Waals surface area contributed by atoms with Crippen molar-refractivity contribution in [1.82, 2.24) is 5.32 Å². The lowest BCUT2D eigenvalue weighted by atomic mass is 10.1. The van der Waals surface area contributed by atoms with Crippen LogP contribution in [0.4, 0.5) is 0 Å². The number of aryl methyl sites for hydroxylation is 3. The first-order valence-corrected chi connectivity index (χ1v) is 7.63. The van der Waals surface area contributed by atoms with Crippen molar-refractivity contribution in [3.8, 4) is 5.75 Å². The average molecular weight is 277 g/mol. The number of ether oxygens (including phenoxy) is 2. The first kappa shape index (κ1) is 15.3. The molecule has 1 aromatic carbocycles. The van der Waals surface area contributed by atoms with Crippen LogP contribution in [-0.2, 0) is 4.74 Å². The fourth-order valence-electron chi connectivity index (χ4n) is 2.96. The molecule has 1 heterocycles. The van der Waals surface area contributed by atoms with Crippen LogP contribution < -0.4 is 10.1 Å². The second-order valence-electron chi connectivity index (χ2n) is 5.87. The second kappa shape index (κ2) is 7.09. The van der Waals surface area contributed by atoms with Gasteiger partial charge in [-0.15, -0.1) is 0 Å². The van der Waals surface area contributed by atoms with E-state index in [0.717, 1.165) is 18.9 Å². The molecule has 0 aliphatic carbocycles. The molecule has 1 N–H and O–H groups in total. The fraction of sp³-hybridized carbons (Fsp3) is 0.647. The van der Waals surface area contributed by atoms with E-state index in [2.05, 4.69) is 45.1 Å². The summed E-state index contributed by atoms with van der Waals surface area (Å²) in [5.74, 6) is 1.03. The molecule has 3 nitrogen and oxygen atoms in total. The van der Waals surface area contributed by atoms with E-state index in [1.807, 2.05) is 0 Å². The van der Waals surface area contributed by atoms with Crippen LogP contribution in [-0.4, -0.2) is 31.9 Å². The number of hydrogen-bond donors (Lipinski definition) is 1. The molecular weight excluding hydrogens is 250 g/mol. The highest BCUT2D eigenvalue weighted by Crippen LogP contribution is 2.24. The summed E-state index contributed by atoms with van der Waals surface area (Å²) in [5.41, 5.74) is 3.72. The van der Waals surface area contributed by atoms with Crippen molar-refractivity contribution in [2.75, 3.05) is 19.8 Å². The summed E-state index contributed by atoms with van der Waals surface area (Å²) in [6.07, 6.45) is 2.73. The molecule has 0 saturated carbocycles. The molecule has 20 heavy (non-hydrogen) atoms. The monoisotopic (exact) mass is 277 g/mol. The van der Waals surface area contributed by atoms with Gasteiger partial charge in [-0.1, -0.05) is 17.7 Å². The van der Waals surface area contributed by atoms with Gasteiger partial charge in [0.2, 0.25) is 0 Å². The molecule has 0 bridgehead atoms. The summed E-state index contributed by atoms with van der Waals surface area (Å²) in [6, 6.07) is 4.75. The van der Waals surface area contributed by atoms with Gasteiger partial charge in [-0.3, -0.25) is 0 Å². The van der Waals surface area contributed by atoms with E-state index < -0.39 is 0 Å². The van der Waals surface area contributed by atoms with E-state index in [4.69, 9.17) is 9.47 Å². The van der Waals surface area contributed by atoms with Gasteiger partial charge in [0.25, 0.3) is 0 Å². The van der Waals surface area contributed by atoms with Crippen LogP contribution >= 0.6 is 0 Å². The highest BCUT2D eigenvalue weighted by atomic mass is 16.5. The van der Waals surface area contributed by atoms with Crippen molar-refractivity contribution in [3.63, 3.8) is 0 Å². The van der Waals surface area contributed by atoms with Gasteiger partial charge in [-0.2, -0.15) is 0 Å².